The van der Waals surface area contributed by atoms with E-state index >= 15 is 0 Å². The first-order valence-corrected chi connectivity index (χ1v) is 8.79. The van der Waals surface area contributed by atoms with Gasteiger partial charge in [0.1, 0.15) is 6.61 Å². The average Bonchev–Trinajstić information content (AvgIpc) is 2.30. The second-order valence-electron chi connectivity index (χ2n) is 5.95. The molecular formula is C13H24O2Si. The third-order valence-corrected chi connectivity index (χ3v) is 7.83. The summed E-state index contributed by atoms with van der Waals surface area (Å²) in [5.41, 5.74) is 1.22. The topological polar surface area (TPSA) is 18.5 Å². The van der Waals surface area contributed by atoms with E-state index < -0.39 is 8.32 Å². The molecule has 1 heterocycles. The van der Waals surface area contributed by atoms with E-state index in [9.17, 15) is 0 Å². The van der Waals surface area contributed by atoms with Crippen molar-refractivity contribution < 1.29 is 9.16 Å². The van der Waals surface area contributed by atoms with E-state index in [-0.39, 0.29) is 5.04 Å². The van der Waals surface area contributed by atoms with E-state index in [1.165, 1.54) is 5.57 Å². The molecule has 0 N–H and O–H groups in total. The van der Waals surface area contributed by atoms with Gasteiger partial charge in [0.25, 0.3) is 0 Å². The van der Waals surface area contributed by atoms with Gasteiger partial charge in [-0.1, -0.05) is 20.8 Å². The molecule has 0 unspecified atom stereocenters. The highest BCUT2D eigenvalue weighted by molar-refractivity contribution is 6.74. The van der Waals surface area contributed by atoms with Gasteiger partial charge < -0.3 is 9.16 Å². The Kier molecular flexibility index (Phi) is 3.89. The van der Waals surface area contributed by atoms with Crippen LogP contribution in [0.1, 0.15) is 34.1 Å². The van der Waals surface area contributed by atoms with E-state index in [1.807, 2.05) is 6.08 Å². The van der Waals surface area contributed by atoms with Crippen molar-refractivity contribution in [2.75, 3.05) is 6.61 Å². The van der Waals surface area contributed by atoms with Crippen molar-refractivity contribution in [1.82, 2.24) is 0 Å². The van der Waals surface area contributed by atoms with Gasteiger partial charge in [0, 0.05) is 12.0 Å². The zero-order valence-corrected chi connectivity index (χ0v) is 12.4. The Morgan fingerprint density at radius 3 is 2.50 bits per heavy atom. The lowest BCUT2D eigenvalue weighted by atomic mass is 10.2. The Labute approximate surface area is 100 Å². The molecule has 1 aliphatic heterocycles. The summed E-state index contributed by atoms with van der Waals surface area (Å²) in [7, 11) is -1.70. The van der Waals surface area contributed by atoms with Crippen molar-refractivity contribution >= 4 is 8.32 Å². The van der Waals surface area contributed by atoms with Crippen LogP contribution < -0.4 is 0 Å². The molecule has 3 heteroatoms. The fourth-order valence-corrected chi connectivity index (χ4v) is 2.42. The summed E-state index contributed by atoms with van der Waals surface area (Å²) in [6, 6.07) is 0. The van der Waals surface area contributed by atoms with Crippen LogP contribution in [0.15, 0.2) is 23.7 Å². The molecule has 1 rings (SSSR count). The van der Waals surface area contributed by atoms with Crippen LogP contribution in [-0.2, 0) is 9.16 Å². The normalized spacial score (nSPS) is 18.1. The summed E-state index contributed by atoms with van der Waals surface area (Å²) in [5.74, 6) is 1.11. The van der Waals surface area contributed by atoms with E-state index in [0.29, 0.717) is 6.61 Å². The van der Waals surface area contributed by atoms with Crippen LogP contribution in [0.3, 0.4) is 0 Å². The SMILES string of the molecule is CC1=C(O[Si](C)(C)C(C)(C)C)CC=COC1. The zero-order valence-electron chi connectivity index (χ0n) is 11.4. The van der Waals surface area contributed by atoms with Crippen LogP contribution in [-0.4, -0.2) is 14.9 Å². The van der Waals surface area contributed by atoms with Gasteiger partial charge in [-0.15, -0.1) is 0 Å². The Morgan fingerprint density at radius 1 is 1.31 bits per heavy atom. The molecule has 0 aromatic carbocycles. The molecule has 0 saturated carbocycles. The highest BCUT2D eigenvalue weighted by Gasteiger charge is 2.39. The Hall–Kier alpha value is -0.703. The van der Waals surface area contributed by atoms with E-state index in [1.54, 1.807) is 6.26 Å². The summed E-state index contributed by atoms with van der Waals surface area (Å²) in [5, 5.41) is 0.247. The summed E-state index contributed by atoms with van der Waals surface area (Å²) >= 11 is 0. The maximum atomic E-state index is 6.32. The molecule has 1 aliphatic rings. The number of allylic oxidation sites excluding steroid dienone is 1. The molecule has 0 radical (unpaired) electrons. The minimum Gasteiger partial charge on any atom is -0.546 e. The smallest absolute Gasteiger partial charge is 0.250 e. The van der Waals surface area contributed by atoms with Crippen molar-refractivity contribution in [3.8, 4) is 0 Å². The monoisotopic (exact) mass is 240 g/mol. The standard InChI is InChI=1S/C13H24O2Si/c1-11-10-14-9-7-8-12(11)15-16(5,6)13(2,3)4/h7,9H,8,10H2,1-6H3. The van der Waals surface area contributed by atoms with Gasteiger partial charge in [0.05, 0.1) is 12.0 Å². The first kappa shape index (κ1) is 13.4. The number of hydrogen-bond acceptors (Lipinski definition) is 2. The minimum absolute atomic E-state index is 0.247. The fourth-order valence-electron chi connectivity index (χ4n) is 1.24. The first-order valence-electron chi connectivity index (χ1n) is 5.88. The molecule has 16 heavy (non-hydrogen) atoms. The molecule has 0 amide bonds. The lowest BCUT2D eigenvalue weighted by Crippen LogP contribution is -2.40. The lowest BCUT2D eigenvalue weighted by molar-refractivity contribution is 0.276. The van der Waals surface area contributed by atoms with Crippen LogP contribution in [0.2, 0.25) is 18.1 Å². The molecule has 0 saturated heterocycles. The molecule has 0 aliphatic carbocycles. The Bertz CT molecular complexity index is 308. The molecule has 2 nitrogen and oxygen atoms in total. The van der Waals surface area contributed by atoms with E-state index in [2.05, 4.69) is 40.8 Å². The lowest BCUT2D eigenvalue weighted by Gasteiger charge is -2.37. The highest BCUT2D eigenvalue weighted by atomic mass is 28.4. The van der Waals surface area contributed by atoms with Crippen molar-refractivity contribution in [2.45, 2.75) is 52.2 Å². The third kappa shape index (κ3) is 3.14. The molecule has 0 bridgehead atoms. The average molecular weight is 240 g/mol. The number of ether oxygens (including phenoxy) is 1. The summed E-state index contributed by atoms with van der Waals surface area (Å²) < 4.78 is 11.7. The highest BCUT2D eigenvalue weighted by Crippen LogP contribution is 2.39. The predicted octanol–water partition coefficient (Wildman–Crippen LogP) is 4.22. The van der Waals surface area contributed by atoms with Gasteiger partial charge in [-0.3, -0.25) is 0 Å². The number of hydrogen-bond donors (Lipinski definition) is 0. The van der Waals surface area contributed by atoms with Gasteiger partial charge in [0.2, 0.25) is 8.32 Å². The predicted molar refractivity (Wildman–Crippen MR) is 70.7 cm³/mol. The van der Waals surface area contributed by atoms with Crippen molar-refractivity contribution in [2.24, 2.45) is 0 Å². The van der Waals surface area contributed by atoms with Crippen molar-refractivity contribution in [1.29, 1.82) is 0 Å². The van der Waals surface area contributed by atoms with Crippen LogP contribution in [0.5, 0.6) is 0 Å². The second-order valence-corrected chi connectivity index (χ2v) is 10.7. The molecule has 0 spiro atoms. The maximum Gasteiger partial charge on any atom is 0.250 e. The van der Waals surface area contributed by atoms with Crippen LogP contribution in [0.25, 0.3) is 0 Å². The van der Waals surface area contributed by atoms with Gasteiger partial charge >= 0.3 is 0 Å². The first-order chi connectivity index (χ1) is 7.24. The molecule has 92 valence electrons. The quantitative estimate of drug-likeness (QED) is 0.673. The van der Waals surface area contributed by atoms with Gasteiger partial charge in [-0.2, -0.15) is 0 Å². The van der Waals surface area contributed by atoms with Gasteiger partial charge in [-0.25, -0.2) is 0 Å². The molecule has 0 atom stereocenters. The second kappa shape index (κ2) is 4.66. The summed E-state index contributed by atoms with van der Waals surface area (Å²) in [4.78, 5) is 0. The van der Waals surface area contributed by atoms with Gasteiger partial charge in [-0.05, 0) is 31.1 Å². The number of rotatable bonds is 2. The molecular weight excluding hydrogens is 216 g/mol. The Morgan fingerprint density at radius 2 is 1.94 bits per heavy atom. The summed E-state index contributed by atoms with van der Waals surface area (Å²) in [6.45, 7) is 14.1. The molecule has 0 aromatic rings. The largest absolute Gasteiger partial charge is 0.546 e. The summed E-state index contributed by atoms with van der Waals surface area (Å²) in [6.07, 6.45) is 4.66. The van der Waals surface area contributed by atoms with E-state index in [4.69, 9.17) is 9.16 Å². The van der Waals surface area contributed by atoms with Crippen molar-refractivity contribution in [3.05, 3.63) is 23.7 Å². The Balaban J connectivity index is 2.83. The maximum absolute atomic E-state index is 6.32. The minimum atomic E-state index is -1.70. The zero-order chi connectivity index (χ0) is 12.4. The van der Waals surface area contributed by atoms with Crippen LogP contribution in [0, 0.1) is 0 Å². The fraction of sp³-hybridized carbons (Fsp3) is 0.692. The third-order valence-electron chi connectivity index (χ3n) is 3.46. The van der Waals surface area contributed by atoms with Gasteiger partial charge in [0.15, 0.2) is 0 Å². The van der Waals surface area contributed by atoms with Crippen LogP contribution in [0.4, 0.5) is 0 Å². The van der Waals surface area contributed by atoms with E-state index in [0.717, 1.165) is 12.2 Å². The van der Waals surface area contributed by atoms with Crippen LogP contribution >= 0.6 is 0 Å². The molecule has 0 aromatic heterocycles. The van der Waals surface area contributed by atoms with Crippen molar-refractivity contribution in [3.63, 3.8) is 0 Å². The molecule has 0 fully saturated rings.